The number of carbonyl (C=O) groups excluding carboxylic acids is 1. The molecule has 0 aromatic heterocycles. The third-order valence-electron chi connectivity index (χ3n) is 4.48. The third-order valence-corrected chi connectivity index (χ3v) is 4.48. The van der Waals surface area contributed by atoms with Crippen LogP contribution in [0.4, 0.5) is 0 Å². The number of amides is 1. The molecule has 2 atom stereocenters. The minimum atomic E-state index is -0.142. The van der Waals surface area contributed by atoms with Gasteiger partial charge in [-0.25, -0.2) is 0 Å². The van der Waals surface area contributed by atoms with Gasteiger partial charge < -0.3 is 15.4 Å². The van der Waals surface area contributed by atoms with Crippen molar-refractivity contribution in [2.75, 3.05) is 20.2 Å². The first kappa shape index (κ1) is 14.9. The molecule has 1 heterocycles. The largest absolute Gasteiger partial charge is 0.497 e. The topological polar surface area (TPSA) is 55.6 Å². The maximum atomic E-state index is 12.6. The molecule has 0 aliphatic carbocycles. The molecule has 1 aliphatic rings. The van der Waals surface area contributed by atoms with E-state index in [9.17, 15) is 4.79 Å². The number of nitrogens with zero attached hydrogens (tertiary/aromatic N) is 1. The molecule has 0 bridgehead atoms. The predicted molar refractivity (Wildman–Crippen MR) is 88.1 cm³/mol. The molecule has 0 radical (unpaired) electrons. The van der Waals surface area contributed by atoms with Crippen LogP contribution in [0.5, 0.6) is 5.75 Å². The van der Waals surface area contributed by atoms with Gasteiger partial charge in [-0.3, -0.25) is 4.79 Å². The number of nitrogens with two attached hydrogens (primary N) is 1. The number of benzene rings is 2. The van der Waals surface area contributed by atoms with Crippen molar-refractivity contribution in [2.24, 2.45) is 5.73 Å². The first-order valence-corrected chi connectivity index (χ1v) is 7.70. The lowest BCUT2D eigenvalue weighted by Crippen LogP contribution is -2.34. The van der Waals surface area contributed by atoms with Crippen molar-refractivity contribution < 1.29 is 9.53 Å². The van der Waals surface area contributed by atoms with Crippen LogP contribution in [0, 0.1) is 0 Å². The lowest BCUT2D eigenvalue weighted by Gasteiger charge is -2.21. The summed E-state index contributed by atoms with van der Waals surface area (Å²) in [5.41, 5.74) is 6.94. The average molecular weight is 298 g/mol. The van der Waals surface area contributed by atoms with Gasteiger partial charge in [0, 0.05) is 19.1 Å². The van der Waals surface area contributed by atoms with Crippen LogP contribution in [0.25, 0.3) is 10.8 Å². The summed E-state index contributed by atoms with van der Waals surface area (Å²) in [6.07, 6.45) is 0.899. The van der Waals surface area contributed by atoms with Gasteiger partial charge in [0.25, 0.3) is 0 Å². The summed E-state index contributed by atoms with van der Waals surface area (Å²) < 4.78 is 5.24. The Labute approximate surface area is 130 Å². The van der Waals surface area contributed by atoms with Crippen LogP contribution >= 0.6 is 0 Å². The zero-order chi connectivity index (χ0) is 15.7. The number of ether oxygens (including phenoxy) is 1. The molecule has 0 spiro atoms. The van der Waals surface area contributed by atoms with E-state index < -0.39 is 0 Å². The van der Waals surface area contributed by atoms with Gasteiger partial charge in [-0.15, -0.1) is 0 Å². The highest BCUT2D eigenvalue weighted by Crippen LogP contribution is 2.26. The van der Waals surface area contributed by atoms with E-state index in [1.165, 1.54) is 0 Å². The fraction of sp³-hybridized carbons (Fsp3) is 0.389. The number of likely N-dealkylation sites (tertiary alicyclic amines) is 1. The standard InChI is InChI=1S/C18H22N2O2/c1-12(18(21)20-8-7-16(19)11-20)13-3-4-15-10-17(22-2)6-5-14(15)9-13/h3-6,9-10,12,16H,7-8,11,19H2,1-2H3/t12?,16-/m1/s1. The first-order chi connectivity index (χ1) is 10.6. The molecule has 0 saturated carbocycles. The van der Waals surface area contributed by atoms with Gasteiger partial charge in [-0.1, -0.05) is 24.3 Å². The maximum absolute atomic E-state index is 12.6. The van der Waals surface area contributed by atoms with Crippen molar-refractivity contribution in [2.45, 2.75) is 25.3 Å². The summed E-state index contributed by atoms with van der Waals surface area (Å²) in [5.74, 6) is 0.869. The van der Waals surface area contributed by atoms with Crippen molar-refractivity contribution in [3.8, 4) is 5.75 Å². The summed E-state index contributed by atoms with van der Waals surface area (Å²) >= 11 is 0. The van der Waals surface area contributed by atoms with Crippen molar-refractivity contribution in [3.05, 3.63) is 42.0 Å². The van der Waals surface area contributed by atoms with Gasteiger partial charge in [0.05, 0.1) is 13.0 Å². The summed E-state index contributed by atoms with van der Waals surface area (Å²) in [5, 5.41) is 2.24. The normalized spacial score (nSPS) is 19.4. The van der Waals surface area contributed by atoms with Crippen LogP contribution < -0.4 is 10.5 Å². The van der Waals surface area contributed by atoms with Crippen LogP contribution in [0.1, 0.15) is 24.8 Å². The maximum Gasteiger partial charge on any atom is 0.229 e. The second-order valence-electron chi connectivity index (χ2n) is 6.03. The highest BCUT2D eigenvalue weighted by molar-refractivity contribution is 5.88. The minimum Gasteiger partial charge on any atom is -0.497 e. The van der Waals surface area contributed by atoms with E-state index in [4.69, 9.17) is 10.5 Å². The van der Waals surface area contributed by atoms with Crippen molar-refractivity contribution in [1.82, 2.24) is 4.90 Å². The quantitative estimate of drug-likeness (QED) is 0.947. The van der Waals surface area contributed by atoms with E-state index in [-0.39, 0.29) is 17.9 Å². The Balaban J connectivity index is 1.84. The highest BCUT2D eigenvalue weighted by Gasteiger charge is 2.27. The van der Waals surface area contributed by atoms with E-state index in [1.807, 2.05) is 42.2 Å². The van der Waals surface area contributed by atoms with Gasteiger partial charge in [-0.05, 0) is 41.8 Å². The molecule has 2 N–H and O–H groups in total. The lowest BCUT2D eigenvalue weighted by molar-refractivity contribution is -0.131. The fourth-order valence-corrected chi connectivity index (χ4v) is 3.04. The minimum absolute atomic E-state index is 0.125. The number of carbonyl (C=O) groups is 1. The van der Waals surface area contributed by atoms with Crippen molar-refractivity contribution >= 4 is 16.7 Å². The molecular formula is C18H22N2O2. The molecule has 116 valence electrons. The molecule has 4 nitrogen and oxygen atoms in total. The van der Waals surface area contributed by atoms with E-state index in [0.717, 1.165) is 35.1 Å². The molecule has 4 heteroatoms. The molecular weight excluding hydrogens is 276 g/mol. The highest BCUT2D eigenvalue weighted by atomic mass is 16.5. The van der Waals surface area contributed by atoms with Crippen LogP contribution in [0.2, 0.25) is 0 Å². The Bertz CT molecular complexity index is 699. The number of rotatable bonds is 3. The zero-order valence-electron chi connectivity index (χ0n) is 13.1. The number of fused-ring (bicyclic) bond motifs is 1. The van der Waals surface area contributed by atoms with Crippen LogP contribution in [-0.2, 0) is 4.79 Å². The molecule has 2 aromatic carbocycles. The van der Waals surface area contributed by atoms with E-state index in [2.05, 4.69) is 6.07 Å². The lowest BCUT2D eigenvalue weighted by atomic mass is 9.96. The molecule has 1 amide bonds. The van der Waals surface area contributed by atoms with Crippen molar-refractivity contribution in [3.63, 3.8) is 0 Å². The summed E-state index contributed by atoms with van der Waals surface area (Å²) in [6.45, 7) is 3.42. The smallest absolute Gasteiger partial charge is 0.229 e. The number of hydrogen-bond donors (Lipinski definition) is 1. The second-order valence-corrected chi connectivity index (χ2v) is 6.03. The molecule has 3 rings (SSSR count). The van der Waals surface area contributed by atoms with Gasteiger partial charge in [-0.2, -0.15) is 0 Å². The molecule has 1 aliphatic heterocycles. The van der Waals surface area contributed by atoms with E-state index in [1.54, 1.807) is 7.11 Å². The predicted octanol–water partition coefficient (Wildman–Crippen LogP) is 2.51. The van der Waals surface area contributed by atoms with E-state index >= 15 is 0 Å². The summed E-state index contributed by atoms with van der Waals surface area (Å²) in [4.78, 5) is 14.5. The van der Waals surface area contributed by atoms with Gasteiger partial charge in [0.1, 0.15) is 5.75 Å². The third kappa shape index (κ3) is 2.79. The fourth-order valence-electron chi connectivity index (χ4n) is 3.04. The average Bonchev–Trinajstić information content (AvgIpc) is 2.98. The van der Waals surface area contributed by atoms with Gasteiger partial charge in [0.15, 0.2) is 0 Å². The summed E-state index contributed by atoms with van der Waals surface area (Å²) in [6, 6.07) is 12.3. The van der Waals surface area contributed by atoms with Crippen LogP contribution in [0.3, 0.4) is 0 Å². The SMILES string of the molecule is COc1ccc2cc(C(C)C(=O)N3CC[C@@H](N)C3)ccc2c1. The monoisotopic (exact) mass is 298 g/mol. The Morgan fingerprint density at radius 1 is 1.27 bits per heavy atom. The van der Waals surface area contributed by atoms with Crippen LogP contribution in [0.15, 0.2) is 36.4 Å². The Hall–Kier alpha value is -2.07. The number of methoxy groups -OCH3 is 1. The molecule has 1 unspecified atom stereocenters. The second kappa shape index (κ2) is 5.97. The van der Waals surface area contributed by atoms with Gasteiger partial charge in [0.2, 0.25) is 5.91 Å². The van der Waals surface area contributed by atoms with E-state index in [0.29, 0.717) is 6.54 Å². The molecule has 1 saturated heterocycles. The molecule has 1 fully saturated rings. The van der Waals surface area contributed by atoms with Crippen molar-refractivity contribution in [1.29, 1.82) is 0 Å². The van der Waals surface area contributed by atoms with Crippen LogP contribution in [-0.4, -0.2) is 37.0 Å². The first-order valence-electron chi connectivity index (χ1n) is 7.70. The molecule has 22 heavy (non-hydrogen) atoms. The zero-order valence-corrected chi connectivity index (χ0v) is 13.1. The summed E-state index contributed by atoms with van der Waals surface area (Å²) in [7, 11) is 1.66. The Kier molecular flexibility index (Phi) is 4.03. The molecule has 2 aromatic rings. The Morgan fingerprint density at radius 3 is 2.68 bits per heavy atom. The van der Waals surface area contributed by atoms with Gasteiger partial charge >= 0.3 is 0 Å². The number of hydrogen-bond acceptors (Lipinski definition) is 3. The Morgan fingerprint density at radius 2 is 2.00 bits per heavy atom.